The monoisotopic (exact) mass is 227 g/mol. The lowest BCUT2D eigenvalue weighted by Crippen LogP contribution is -2.13. The Balaban J connectivity index is 1.93. The maximum atomic E-state index is 5.94. The molecule has 0 saturated heterocycles. The lowest BCUT2D eigenvalue weighted by Gasteiger charge is -2.21. The summed E-state index contributed by atoms with van der Waals surface area (Å²) in [5, 5.41) is 3.99. The summed E-state index contributed by atoms with van der Waals surface area (Å²) in [6, 6.07) is -0.0984. The zero-order valence-electron chi connectivity index (χ0n) is 8.98. The molecular weight excluding hydrogens is 210 g/mol. The Hall–Kier alpha value is -0.550. The molecule has 2 N–H and O–H groups in total. The van der Waals surface area contributed by atoms with Crippen molar-refractivity contribution in [2.45, 2.75) is 37.6 Å². The van der Waals surface area contributed by atoms with Crippen LogP contribution in [-0.4, -0.2) is 22.1 Å². The highest BCUT2D eigenvalue weighted by atomic mass is 32.2. The van der Waals surface area contributed by atoms with Crippen LogP contribution in [0, 0.1) is 0 Å². The first-order valence-corrected chi connectivity index (χ1v) is 6.78. The summed E-state index contributed by atoms with van der Waals surface area (Å²) in [6.07, 6.45) is 6.64. The van der Waals surface area contributed by atoms with Gasteiger partial charge < -0.3 is 10.3 Å². The second-order valence-corrected chi connectivity index (χ2v) is 4.99. The number of thioether (sulfide) groups is 1. The summed E-state index contributed by atoms with van der Waals surface area (Å²) >= 11 is 1.78. The number of rotatable bonds is 5. The average Bonchev–Trinajstić information content (AvgIpc) is 2.60. The molecule has 0 amide bonds. The summed E-state index contributed by atoms with van der Waals surface area (Å²) in [4.78, 5) is 4.37. The van der Waals surface area contributed by atoms with Gasteiger partial charge in [0.1, 0.15) is 0 Å². The third-order valence-corrected chi connectivity index (χ3v) is 3.52. The molecule has 15 heavy (non-hydrogen) atoms. The van der Waals surface area contributed by atoms with Crippen molar-refractivity contribution >= 4 is 11.8 Å². The van der Waals surface area contributed by atoms with E-state index in [1.54, 1.807) is 11.8 Å². The van der Waals surface area contributed by atoms with Crippen LogP contribution in [0.3, 0.4) is 0 Å². The molecule has 1 fully saturated rings. The van der Waals surface area contributed by atoms with Crippen molar-refractivity contribution in [3.8, 4) is 0 Å². The van der Waals surface area contributed by atoms with Crippen molar-refractivity contribution in [1.82, 2.24) is 10.1 Å². The van der Waals surface area contributed by atoms with E-state index in [2.05, 4.69) is 16.4 Å². The van der Waals surface area contributed by atoms with E-state index in [1.807, 2.05) is 0 Å². The maximum absolute atomic E-state index is 5.94. The maximum Gasteiger partial charge on any atom is 0.243 e. The van der Waals surface area contributed by atoms with Crippen LogP contribution in [0.15, 0.2) is 4.52 Å². The third kappa shape index (κ3) is 2.52. The van der Waals surface area contributed by atoms with Crippen LogP contribution in [0.25, 0.3) is 0 Å². The molecule has 5 heteroatoms. The normalized spacial score (nSPS) is 18.8. The van der Waals surface area contributed by atoms with Gasteiger partial charge in [-0.25, -0.2) is 0 Å². The SMILES string of the molecule is CSCC[C@H](N)c1nc(C2CCC2)no1. The number of hydrogen-bond acceptors (Lipinski definition) is 5. The lowest BCUT2D eigenvalue weighted by molar-refractivity contribution is 0.333. The molecule has 1 atom stereocenters. The van der Waals surface area contributed by atoms with Crippen molar-refractivity contribution in [2.75, 3.05) is 12.0 Å². The molecule has 0 aromatic carbocycles. The predicted octanol–water partition coefficient (Wildman–Crippen LogP) is 2.09. The topological polar surface area (TPSA) is 64.9 Å². The highest BCUT2D eigenvalue weighted by Gasteiger charge is 2.25. The Morgan fingerprint density at radius 3 is 3.00 bits per heavy atom. The van der Waals surface area contributed by atoms with Gasteiger partial charge >= 0.3 is 0 Å². The van der Waals surface area contributed by atoms with Crippen molar-refractivity contribution in [3.05, 3.63) is 11.7 Å². The predicted molar refractivity (Wildman–Crippen MR) is 60.8 cm³/mol. The standard InChI is InChI=1S/C10H17N3OS/c1-15-6-5-8(11)10-12-9(13-14-10)7-3-2-4-7/h7-8H,2-6,11H2,1H3/t8-/m0/s1. The van der Waals surface area contributed by atoms with Crippen molar-refractivity contribution in [3.63, 3.8) is 0 Å². The van der Waals surface area contributed by atoms with Crippen molar-refractivity contribution < 1.29 is 4.52 Å². The molecular formula is C10H17N3OS. The van der Waals surface area contributed by atoms with Crippen LogP contribution in [-0.2, 0) is 0 Å². The lowest BCUT2D eigenvalue weighted by atomic mass is 9.85. The first-order valence-electron chi connectivity index (χ1n) is 5.39. The van der Waals surface area contributed by atoms with Crippen molar-refractivity contribution in [2.24, 2.45) is 5.73 Å². The van der Waals surface area contributed by atoms with Gasteiger partial charge in [0.05, 0.1) is 6.04 Å². The summed E-state index contributed by atoms with van der Waals surface area (Å²) in [7, 11) is 0. The van der Waals surface area contributed by atoms with Gasteiger partial charge in [0.2, 0.25) is 5.89 Å². The van der Waals surface area contributed by atoms with E-state index >= 15 is 0 Å². The van der Waals surface area contributed by atoms with Crippen molar-refractivity contribution in [1.29, 1.82) is 0 Å². The van der Waals surface area contributed by atoms with E-state index in [9.17, 15) is 0 Å². The van der Waals surface area contributed by atoms with Gasteiger partial charge in [-0.2, -0.15) is 16.7 Å². The fourth-order valence-electron chi connectivity index (χ4n) is 1.60. The molecule has 0 spiro atoms. The summed E-state index contributed by atoms with van der Waals surface area (Å²) < 4.78 is 5.18. The van der Waals surface area contributed by atoms with Crippen LogP contribution in [0.5, 0.6) is 0 Å². The van der Waals surface area contributed by atoms with Crippen LogP contribution in [0.4, 0.5) is 0 Å². The molecule has 1 aromatic rings. The minimum absolute atomic E-state index is 0.0984. The summed E-state index contributed by atoms with van der Waals surface area (Å²) in [5.41, 5.74) is 5.94. The average molecular weight is 227 g/mol. The molecule has 0 aliphatic heterocycles. The van der Waals surface area contributed by atoms with E-state index in [1.165, 1.54) is 19.3 Å². The van der Waals surface area contributed by atoms with E-state index in [4.69, 9.17) is 10.3 Å². The third-order valence-electron chi connectivity index (χ3n) is 2.88. The first kappa shape index (κ1) is 11.0. The van der Waals surface area contributed by atoms with E-state index in [-0.39, 0.29) is 6.04 Å². The first-order chi connectivity index (χ1) is 7.31. The minimum atomic E-state index is -0.0984. The molecule has 1 aliphatic carbocycles. The van der Waals surface area contributed by atoms with Gasteiger partial charge in [-0.3, -0.25) is 0 Å². The van der Waals surface area contributed by atoms with E-state index < -0.39 is 0 Å². The molecule has 4 nitrogen and oxygen atoms in total. The van der Waals surface area contributed by atoms with Gasteiger partial charge in [-0.1, -0.05) is 11.6 Å². The van der Waals surface area contributed by atoms with E-state index in [0.29, 0.717) is 11.8 Å². The number of nitrogens with two attached hydrogens (primary N) is 1. The number of hydrogen-bond donors (Lipinski definition) is 1. The second-order valence-electron chi connectivity index (χ2n) is 4.01. The molecule has 0 unspecified atom stereocenters. The minimum Gasteiger partial charge on any atom is -0.338 e. The quantitative estimate of drug-likeness (QED) is 0.834. The Bertz CT molecular complexity index is 311. The highest BCUT2D eigenvalue weighted by Crippen LogP contribution is 2.34. The van der Waals surface area contributed by atoms with Gasteiger partial charge in [0.25, 0.3) is 0 Å². The summed E-state index contributed by atoms with van der Waals surface area (Å²) in [5.74, 6) is 3.01. The molecule has 2 rings (SSSR count). The van der Waals surface area contributed by atoms with Gasteiger partial charge in [0, 0.05) is 5.92 Å². The number of aromatic nitrogens is 2. The Morgan fingerprint density at radius 2 is 2.40 bits per heavy atom. The van der Waals surface area contributed by atoms with Gasteiger partial charge in [-0.05, 0) is 31.3 Å². The Morgan fingerprint density at radius 1 is 1.60 bits per heavy atom. The zero-order chi connectivity index (χ0) is 10.7. The molecule has 0 radical (unpaired) electrons. The summed E-state index contributed by atoms with van der Waals surface area (Å²) in [6.45, 7) is 0. The van der Waals surface area contributed by atoms with Crippen LogP contribution in [0.2, 0.25) is 0 Å². The Kier molecular flexibility index (Phi) is 3.64. The number of nitrogens with zero attached hydrogens (tertiary/aromatic N) is 2. The van der Waals surface area contributed by atoms with Crippen LogP contribution < -0.4 is 5.73 Å². The van der Waals surface area contributed by atoms with Crippen LogP contribution >= 0.6 is 11.8 Å². The highest BCUT2D eigenvalue weighted by molar-refractivity contribution is 7.98. The van der Waals surface area contributed by atoms with Gasteiger partial charge in [0.15, 0.2) is 5.82 Å². The Labute approximate surface area is 94.0 Å². The molecule has 1 aromatic heterocycles. The molecule has 1 aliphatic rings. The zero-order valence-corrected chi connectivity index (χ0v) is 9.80. The smallest absolute Gasteiger partial charge is 0.243 e. The van der Waals surface area contributed by atoms with E-state index in [0.717, 1.165) is 18.0 Å². The molecule has 1 heterocycles. The molecule has 1 saturated carbocycles. The molecule has 84 valence electrons. The van der Waals surface area contributed by atoms with Gasteiger partial charge in [-0.15, -0.1) is 0 Å². The van der Waals surface area contributed by atoms with Crippen LogP contribution in [0.1, 0.15) is 49.4 Å². The fraction of sp³-hybridized carbons (Fsp3) is 0.800. The molecule has 0 bridgehead atoms. The largest absolute Gasteiger partial charge is 0.338 e. The fourth-order valence-corrected chi connectivity index (χ4v) is 2.09. The second kappa shape index (κ2) is 4.99.